The Morgan fingerprint density at radius 2 is 2.07 bits per heavy atom. The fourth-order valence-corrected chi connectivity index (χ4v) is 3.46. The monoisotopic (exact) mass is 389 g/mol. The third-order valence-electron chi connectivity index (χ3n) is 5.16. The van der Waals surface area contributed by atoms with Crippen LogP contribution in [0.25, 0.3) is 11.3 Å². The van der Waals surface area contributed by atoms with Gasteiger partial charge in [0.1, 0.15) is 5.75 Å². The van der Waals surface area contributed by atoms with Crippen LogP contribution in [0.3, 0.4) is 0 Å². The molecule has 1 aliphatic rings. The van der Waals surface area contributed by atoms with Crippen LogP contribution in [0.5, 0.6) is 11.6 Å². The molecule has 3 heterocycles. The predicted octanol–water partition coefficient (Wildman–Crippen LogP) is 3.50. The van der Waals surface area contributed by atoms with Gasteiger partial charge in [-0.25, -0.2) is 4.68 Å². The van der Waals surface area contributed by atoms with Crippen molar-refractivity contribution in [3.05, 3.63) is 59.4 Å². The summed E-state index contributed by atoms with van der Waals surface area (Å²) in [4.78, 5) is 4.50. The van der Waals surface area contributed by atoms with Crippen LogP contribution in [0.2, 0.25) is 0 Å². The van der Waals surface area contributed by atoms with E-state index in [2.05, 4.69) is 16.2 Å². The molecular formula is C22H23N5O2. The van der Waals surface area contributed by atoms with Crippen molar-refractivity contribution in [3.63, 3.8) is 0 Å². The maximum atomic E-state index is 9.32. The number of pyridine rings is 1. The minimum absolute atomic E-state index is 0.377. The fraction of sp³-hybridized carbons (Fsp3) is 0.318. The van der Waals surface area contributed by atoms with Crippen LogP contribution in [-0.2, 0) is 18.3 Å². The maximum absolute atomic E-state index is 9.32. The minimum atomic E-state index is 0.377. The summed E-state index contributed by atoms with van der Waals surface area (Å²) < 4.78 is 13.4. The second kappa shape index (κ2) is 8.43. The van der Waals surface area contributed by atoms with Crippen LogP contribution < -0.4 is 10.5 Å². The molecule has 1 saturated heterocycles. The molecule has 2 N–H and O–H groups in total. The molecule has 0 unspecified atom stereocenters. The smallest absolute Gasteiger partial charge is 0.217 e. The Morgan fingerprint density at radius 1 is 1.24 bits per heavy atom. The maximum Gasteiger partial charge on any atom is 0.217 e. The molecule has 0 saturated carbocycles. The topological polar surface area (TPSA) is 99.0 Å². The van der Waals surface area contributed by atoms with Crippen molar-refractivity contribution in [3.8, 4) is 29.0 Å². The summed E-state index contributed by atoms with van der Waals surface area (Å²) in [7, 11) is 1.86. The van der Waals surface area contributed by atoms with Crippen LogP contribution >= 0.6 is 0 Å². The third-order valence-corrected chi connectivity index (χ3v) is 5.16. The SMILES string of the molecule is Cn1nc(C2CCOCC2)cc1Oc1cc(C#N)ccc1-c1ccc(CN)cn1. The summed E-state index contributed by atoms with van der Waals surface area (Å²) in [5, 5.41) is 14.0. The molecule has 7 nitrogen and oxygen atoms in total. The van der Waals surface area contributed by atoms with Crippen LogP contribution in [0.1, 0.15) is 35.6 Å². The fourth-order valence-electron chi connectivity index (χ4n) is 3.46. The zero-order valence-electron chi connectivity index (χ0n) is 16.3. The van der Waals surface area contributed by atoms with Crippen molar-refractivity contribution in [1.29, 1.82) is 5.26 Å². The molecule has 4 rings (SSSR count). The van der Waals surface area contributed by atoms with E-state index in [0.717, 1.165) is 48.6 Å². The molecule has 0 bridgehead atoms. The third kappa shape index (κ3) is 4.14. The first-order valence-electron chi connectivity index (χ1n) is 9.67. The van der Waals surface area contributed by atoms with E-state index < -0.39 is 0 Å². The second-order valence-corrected chi connectivity index (χ2v) is 7.10. The van der Waals surface area contributed by atoms with Gasteiger partial charge in [-0.1, -0.05) is 6.07 Å². The number of nitrogens with two attached hydrogens (primary N) is 1. The largest absolute Gasteiger partial charge is 0.439 e. The van der Waals surface area contributed by atoms with E-state index in [0.29, 0.717) is 29.7 Å². The van der Waals surface area contributed by atoms with Crippen molar-refractivity contribution in [2.45, 2.75) is 25.3 Å². The van der Waals surface area contributed by atoms with Crippen molar-refractivity contribution in [2.24, 2.45) is 12.8 Å². The van der Waals surface area contributed by atoms with E-state index in [1.54, 1.807) is 23.0 Å². The van der Waals surface area contributed by atoms with Gasteiger partial charge in [-0.2, -0.15) is 10.4 Å². The van der Waals surface area contributed by atoms with Gasteiger partial charge in [0, 0.05) is 50.6 Å². The Kier molecular flexibility index (Phi) is 5.56. The predicted molar refractivity (Wildman–Crippen MR) is 108 cm³/mol. The molecule has 29 heavy (non-hydrogen) atoms. The molecule has 7 heteroatoms. The van der Waals surface area contributed by atoms with E-state index >= 15 is 0 Å². The summed E-state index contributed by atoms with van der Waals surface area (Å²) in [6, 6.07) is 13.3. The highest BCUT2D eigenvalue weighted by Gasteiger charge is 2.21. The molecule has 1 aromatic carbocycles. The highest BCUT2D eigenvalue weighted by molar-refractivity contribution is 5.69. The van der Waals surface area contributed by atoms with Gasteiger partial charge in [-0.15, -0.1) is 0 Å². The molecule has 1 fully saturated rings. The molecule has 2 aromatic heterocycles. The Hall–Kier alpha value is -3.21. The van der Waals surface area contributed by atoms with Crippen LogP contribution in [0.15, 0.2) is 42.6 Å². The van der Waals surface area contributed by atoms with E-state index in [4.69, 9.17) is 15.2 Å². The molecule has 3 aromatic rings. The van der Waals surface area contributed by atoms with Gasteiger partial charge >= 0.3 is 0 Å². The number of rotatable bonds is 5. The highest BCUT2D eigenvalue weighted by Crippen LogP contribution is 2.35. The lowest BCUT2D eigenvalue weighted by molar-refractivity contribution is 0.0844. The summed E-state index contributed by atoms with van der Waals surface area (Å²) >= 11 is 0. The van der Waals surface area contributed by atoms with Gasteiger partial charge in [0.05, 0.1) is 23.0 Å². The summed E-state index contributed by atoms with van der Waals surface area (Å²) in [6.45, 7) is 1.96. The molecular weight excluding hydrogens is 366 g/mol. The molecule has 0 spiro atoms. The number of hydrogen-bond donors (Lipinski definition) is 1. The number of hydrogen-bond acceptors (Lipinski definition) is 6. The van der Waals surface area contributed by atoms with Gasteiger partial charge in [0.15, 0.2) is 0 Å². The first kappa shape index (κ1) is 19.1. The lowest BCUT2D eigenvalue weighted by Crippen LogP contribution is -2.14. The Labute approximate surface area is 169 Å². The normalized spacial score (nSPS) is 14.5. The second-order valence-electron chi connectivity index (χ2n) is 7.10. The summed E-state index contributed by atoms with van der Waals surface area (Å²) in [5.41, 5.74) is 9.72. The molecule has 0 amide bonds. The number of ether oxygens (including phenoxy) is 2. The standard InChI is InChI=1S/C22H23N5O2/c1-27-22(11-20(26-27)17-6-8-28-9-7-17)29-21-10-15(12-23)2-4-18(21)19-5-3-16(13-24)14-25-19/h2-5,10-11,14,17H,6-9,13,24H2,1H3. The van der Waals surface area contributed by atoms with Gasteiger partial charge in [0.25, 0.3) is 0 Å². The number of aromatic nitrogens is 3. The van der Waals surface area contributed by atoms with E-state index in [1.165, 1.54) is 0 Å². The van der Waals surface area contributed by atoms with E-state index in [-0.39, 0.29) is 0 Å². The molecule has 0 aliphatic carbocycles. The minimum Gasteiger partial charge on any atom is -0.439 e. The van der Waals surface area contributed by atoms with Crippen molar-refractivity contribution in [1.82, 2.24) is 14.8 Å². The lowest BCUT2D eigenvalue weighted by Gasteiger charge is -2.19. The Balaban J connectivity index is 1.67. The average Bonchev–Trinajstić information content (AvgIpc) is 3.14. The van der Waals surface area contributed by atoms with Crippen molar-refractivity contribution in [2.75, 3.05) is 13.2 Å². The molecule has 0 radical (unpaired) electrons. The van der Waals surface area contributed by atoms with Gasteiger partial charge in [-0.3, -0.25) is 4.98 Å². The number of aryl methyl sites for hydroxylation is 1. The van der Waals surface area contributed by atoms with Gasteiger partial charge < -0.3 is 15.2 Å². The van der Waals surface area contributed by atoms with Crippen molar-refractivity contribution < 1.29 is 9.47 Å². The van der Waals surface area contributed by atoms with E-state index in [9.17, 15) is 5.26 Å². The van der Waals surface area contributed by atoms with Crippen LogP contribution in [-0.4, -0.2) is 28.0 Å². The van der Waals surface area contributed by atoms with Crippen LogP contribution in [0.4, 0.5) is 0 Å². The Bertz CT molecular complexity index is 1030. The Morgan fingerprint density at radius 3 is 2.76 bits per heavy atom. The average molecular weight is 389 g/mol. The number of nitrogens with zero attached hydrogens (tertiary/aromatic N) is 4. The molecule has 1 aliphatic heterocycles. The van der Waals surface area contributed by atoms with Crippen molar-refractivity contribution >= 4 is 0 Å². The first-order chi connectivity index (χ1) is 14.2. The highest BCUT2D eigenvalue weighted by atomic mass is 16.5. The lowest BCUT2D eigenvalue weighted by atomic mass is 9.97. The van der Waals surface area contributed by atoms with E-state index in [1.807, 2.05) is 31.3 Å². The number of benzene rings is 1. The summed E-state index contributed by atoms with van der Waals surface area (Å²) in [5.74, 6) is 1.57. The van der Waals surface area contributed by atoms with Gasteiger partial charge in [-0.05, 0) is 42.7 Å². The zero-order valence-corrected chi connectivity index (χ0v) is 16.3. The quantitative estimate of drug-likeness (QED) is 0.717. The zero-order chi connectivity index (χ0) is 20.2. The molecule has 0 atom stereocenters. The van der Waals surface area contributed by atoms with Gasteiger partial charge in [0.2, 0.25) is 5.88 Å². The summed E-state index contributed by atoms with van der Waals surface area (Å²) in [6.07, 6.45) is 3.68. The molecule has 148 valence electrons. The van der Waals surface area contributed by atoms with Crippen LogP contribution in [0, 0.1) is 11.3 Å². The first-order valence-corrected chi connectivity index (χ1v) is 9.67. The number of nitriles is 1.